The van der Waals surface area contributed by atoms with Crippen molar-refractivity contribution in [1.29, 1.82) is 0 Å². The lowest BCUT2D eigenvalue weighted by Gasteiger charge is -2.11. The number of methoxy groups -OCH3 is 1. The van der Waals surface area contributed by atoms with Crippen LogP contribution in [0.1, 0.15) is 18.4 Å². The number of hydrogen-bond donors (Lipinski definition) is 0. The molecule has 4 nitrogen and oxygen atoms in total. The lowest BCUT2D eigenvalue weighted by atomic mass is 10.0. The number of aliphatic imine (C=N–C) groups is 1. The Bertz CT molecular complexity index is 621. The Morgan fingerprint density at radius 1 is 1.14 bits per heavy atom. The maximum atomic E-state index is 12.1. The number of benzene rings is 2. The molecule has 1 atom stereocenters. The fraction of sp³-hybridized carbons (Fsp3) is 0.222. The van der Waals surface area contributed by atoms with Gasteiger partial charge in [-0.05, 0) is 36.8 Å². The Morgan fingerprint density at radius 2 is 1.82 bits per heavy atom. The Morgan fingerprint density at radius 3 is 2.41 bits per heavy atom. The molecule has 0 saturated heterocycles. The molecule has 0 radical (unpaired) electrons. The standard InChI is InChI=1S/C18H19NO3/c1-3-22-18(20)17(14-7-5-4-6-8-14)13-19-15-9-11-16(21-2)12-10-15/h4-13,17H,3H2,1-2H3. The van der Waals surface area contributed by atoms with Gasteiger partial charge in [-0.2, -0.15) is 0 Å². The molecule has 2 aromatic rings. The van der Waals surface area contributed by atoms with Gasteiger partial charge in [0.25, 0.3) is 0 Å². The van der Waals surface area contributed by atoms with Gasteiger partial charge < -0.3 is 9.47 Å². The summed E-state index contributed by atoms with van der Waals surface area (Å²) in [5, 5.41) is 0. The zero-order valence-corrected chi connectivity index (χ0v) is 12.7. The van der Waals surface area contributed by atoms with Gasteiger partial charge in [0.1, 0.15) is 11.7 Å². The molecule has 22 heavy (non-hydrogen) atoms. The third kappa shape index (κ3) is 4.19. The number of ether oxygens (including phenoxy) is 2. The number of carbonyl (C=O) groups is 1. The van der Waals surface area contributed by atoms with Crippen LogP contribution >= 0.6 is 0 Å². The predicted octanol–water partition coefficient (Wildman–Crippen LogP) is 3.74. The van der Waals surface area contributed by atoms with Crippen LogP contribution in [0.15, 0.2) is 59.6 Å². The van der Waals surface area contributed by atoms with E-state index in [1.807, 2.05) is 54.6 Å². The van der Waals surface area contributed by atoms with Crippen molar-refractivity contribution in [2.75, 3.05) is 13.7 Å². The topological polar surface area (TPSA) is 47.9 Å². The summed E-state index contributed by atoms with van der Waals surface area (Å²) in [6, 6.07) is 16.8. The lowest BCUT2D eigenvalue weighted by molar-refractivity contribution is -0.143. The van der Waals surface area contributed by atoms with E-state index in [1.165, 1.54) is 0 Å². The molecule has 0 heterocycles. The molecule has 114 valence electrons. The van der Waals surface area contributed by atoms with Crippen LogP contribution in [0.25, 0.3) is 0 Å². The molecule has 4 heteroatoms. The van der Waals surface area contributed by atoms with Gasteiger partial charge in [-0.15, -0.1) is 0 Å². The molecule has 0 fully saturated rings. The molecular formula is C18H19NO3. The molecule has 0 spiro atoms. The first-order valence-electron chi connectivity index (χ1n) is 7.14. The summed E-state index contributed by atoms with van der Waals surface area (Å²) in [4.78, 5) is 16.5. The molecule has 0 saturated carbocycles. The van der Waals surface area contributed by atoms with E-state index in [0.29, 0.717) is 6.61 Å². The van der Waals surface area contributed by atoms with Crippen LogP contribution < -0.4 is 4.74 Å². The summed E-state index contributed by atoms with van der Waals surface area (Å²) >= 11 is 0. The largest absolute Gasteiger partial charge is 0.497 e. The molecule has 2 aromatic carbocycles. The van der Waals surface area contributed by atoms with Gasteiger partial charge in [-0.25, -0.2) is 0 Å². The van der Waals surface area contributed by atoms with E-state index in [0.717, 1.165) is 17.0 Å². The third-order valence-corrected chi connectivity index (χ3v) is 3.14. The minimum absolute atomic E-state index is 0.300. The van der Waals surface area contributed by atoms with Gasteiger partial charge in [-0.1, -0.05) is 30.3 Å². The van der Waals surface area contributed by atoms with Crippen molar-refractivity contribution in [3.8, 4) is 5.75 Å². The van der Waals surface area contributed by atoms with Crippen LogP contribution in [0.5, 0.6) is 5.75 Å². The van der Waals surface area contributed by atoms with E-state index < -0.39 is 5.92 Å². The average molecular weight is 297 g/mol. The van der Waals surface area contributed by atoms with Crippen LogP contribution in [-0.2, 0) is 9.53 Å². The first-order chi connectivity index (χ1) is 10.7. The second-order valence-electron chi connectivity index (χ2n) is 4.62. The van der Waals surface area contributed by atoms with Crippen LogP contribution in [0.3, 0.4) is 0 Å². The quantitative estimate of drug-likeness (QED) is 0.602. The normalized spacial score (nSPS) is 12.1. The molecular weight excluding hydrogens is 278 g/mol. The minimum atomic E-state index is -0.511. The van der Waals surface area contributed by atoms with E-state index in [2.05, 4.69) is 4.99 Å². The SMILES string of the molecule is CCOC(=O)C(C=Nc1ccc(OC)cc1)c1ccccc1. The molecule has 0 amide bonds. The summed E-state index contributed by atoms with van der Waals surface area (Å²) in [7, 11) is 1.62. The monoisotopic (exact) mass is 297 g/mol. The van der Waals surface area contributed by atoms with Gasteiger partial charge in [0.2, 0.25) is 0 Å². The average Bonchev–Trinajstić information content (AvgIpc) is 2.57. The first-order valence-corrected chi connectivity index (χ1v) is 7.14. The molecule has 2 rings (SSSR count). The molecule has 0 bridgehead atoms. The fourth-order valence-electron chi connectivity index (χ4n) is 2.00. The summed E-state index contributed by atoms with van der Waals surface area (Å²) in [5.41, 5.74) is 1.62. The van der Waals surface area contributed by atoms with Gasteiger partial charge in [0, 0.05) is 6.21 Å². The number of carbonyl (C=O) groups excluding carboxylic acids is 1. The van der Waals surface area contributed by atoms with Crippen molar-refractivity contribution in [1.82, 2.24) is 0 Å². The molecule has 0 aliphatic carbocycles. The van der Waals surface area contributed by atoms with Gasteiger partial charge in [-0.3, -0.25) is 9.79 Å². The second kappa shape index (κ2) is 7.98. The Hall–Kier alpha value is -2.62. The predicted molar refractivity (Wildman–Crippen MR) is 87.0 cm³/mol. The Balaban J connectivity index is 2.21. The van der Waals surface area contributed by atoms with Gasteiger partial charge in [0.05, 0.1) is 19.4 Å². The molecule has 0 N–H and O–H groups in total. The highest BCUT2D eigenvalue weighted by Crippen LogP contribution is 2.20. The number of hydrogen-bond acceptors (Lipinski definition) is 4. The number of nitrogens with zero attached hydrogens (tertiary/aromatic N) is 1. The lowest BCUT2D eigenvalue weighted by Crippen LogP contribution is -2.17. The minimum Gasteiger partial charge on any atom is -0.497 e. The van der Waals surface area contributed by atoms with Gasteiger partial charge >= 0.3 is 5.97 Å². The van der Waals surface area contributed by atoms with Crippen molar-refractivity contribution in [2.24, 2.45) is 4.99 Å². The smallest absolute Gasteiger partial charge is 0.318 e. The van der Waals surface area contributed by atoms with E-state index in [4.69, 9.17) is 9.47 Å². The van der Waals surface area contributed by atoms with Crippen molar-refractivity contribution in [2.45, 2.75) is 12.8 Å². The summed E-state index contributed by atoms with van der Waals surface area (Å²) in [6.45, 7) is 2.14. The highest BCUT2D eigenvalue weighted by Gasteiger charge is 2.19. The summed E-state index contributed by atoms with van der Waals surface area (Å²) in [6.07, 6.45) is 1.62. The first kappa shape index (κ1) is 15.8. The Labute approximate surface area is 130 Å². The van der Waals surface area contributed by atoms with E-state index >= 15 is 0 Å². The van der Waals surface area contributed by atoms with Crippen molar-refractivity contribution in [3.63, 3.8) is 0 Å². The molecule has 1 unspecified atom stereocenters. The highest BCUT2D eigenvalue weighted by atomic mass is 16.5. The molecule has 0 aliphatic rings. The zero-order valence-electron chi connectivity index (χ0n) is 12.7. The maximum absolute atomic E-state index is 12.1. The van der Waals surface area contributed by atoms with E-state index in [-0.39, 0.29) is 5.97 Å². The van der Waals surface area contributed by atoms with Crippen LogP contribution in [0.2, 0.25) is 0 Å². The third-order valence-electron chi connectivity index (χ3n) is 3.14. The summed E-state index contributed by atoms with van der Waals surface area (Å²) < 4.78 is 10.2. The number of esters is 1. The highest BCUT2D eigenvalue weighted by molar-refractivity contribution is 5.96. The van der Waals surface area contributed by atoms with Crippen LogP contribution in [-0.4, -0.2) is 25.9 Å². The van der Waals surface area contributed by atoms with Crippen molar-refractivity contribution >= 4 is 17.9 Å². The van der Waals surface area contributed by atoms with Crippen molar-refractivity contribution < 1.29 is 14.3 Å². The fourth-order valence-corrected chi connectivity index (χ4v) is 2.00. The van der Waals surface area contributed by atoms with Crippen LogP contribution in [0, 0.1) is 0 Å². The summed E-state index contributed by atoms with van der Waals surface area (Å²) in [5.74, 6) is -0.0434. The van der Waals surface area contributed by atoms with E-state index in [9.17, 15) is 4.79 Å². The Kier molecular flexibility index (Phi) is 5.72. The zero-order chi connectivity index (χ0) is 15.8. The van der Waals surface area contributed by atoms with Crippen molar-refractivity contribution in [3.05, 3.63) is 60.2 Å². The van der Waals surface area contributed by atoms with Gasteiger partial charge in [0.15, 0.2) is 0 Å². The van der Waals surface area contributed by atoms with Crippen LogP contribution in [0.4, 0.5) is 5.69 Å². The second-order valence-corrected chi connectivity index (χ2v) is 4.62. The maximum Gasteiger partial charge on any atom is 0.318 e. The number of rotatable bonds is 6. The van der Waals surface area contributed by atoms with E-state index in [1.54, 1.807) is 20.2 Å². The molecule has 0 aliphatic heterocycles. The molecule has 0 aromatic heterocycles.